The van der Waals surface area contributed by atoms with Crippen LogP contribution in [0.15, 0.2) is 22.7 Å². The molecule has 0 amide bonds. The second kappa shape index (κ2) is 3.89. The van der Waals surface area contributed by atoms with E-state index in [0.717, 1.165) is 15.4 Å². The Labute approximate surface area is 82.5 Å². The fourth-order valence-corrected chi connectivity index (χ4v) is 1.63. The molecule has 0 atom stereocenters. The van der Waals surface area contributed by atoms with Gasteiger partial charge in [0.2, 0.25) is 0 Å². The van der Waals surface area contributed by atoms with Crippen LogP contribution < -0.4 is 0 Å². The molecule has 1 nitrogen and oxygen atoms in total. The van der Waals surface area contributed by atoms with Gasteiger partial charge in [-0.3, -0.25) is 0 Å². The fraction of sp³-hybridized carbons (Fsp3) is 0.125. The molecule has 0 spiro atoms. The highest BCUT2D eigenvalue weighted by Gasteiger charge is 1.99. The summed E-state index contributed by atoms with van der Waals surface area (Å²) in [4.78, 5) is 3.38. The predicted octanol–water partition coefficient (Wildman–Crippen LogP) is 3.89. The third kappa shape index (κ3) is 2.05. The van der Waals surface area contributed by atoms with Crippen molar-refractivity contribution in [3.8, 4) is 0 Å². The summed E-state index contributed by atoms with van der Waals surface area (Å²) >= 11 is 6.66. The van der Waals surface area contributed by atoms with Crippen LogP contribution in [0.25, 0.3) is 4.85 Å². The van der Waals surface area contributed by atoms with E-state index in [9.17, 15) is 0 Å². The number of halogens is 2. The van der Waals surface area contributed by atoms with Crippen LogP contribution in [-0.2, 0) is 5.33 Å². The second-order valence-corrected chi connectivity index (χ2v) is 3.49. The van der Waals surface area contributed by atoms with E-state index in [1.54, 1.807) is 0 Å². The van der Waals surface area contributed by atoms with Crippen molar-refractivity contribution in [1.82, 2.24) is 0 Å². The quantitative estimate of drug-likeness (QED) is 0.541. The summed E-state index contributed by atoms with van der Waals surface area (Å²) < 4.78 is 1.01. The van der Waals surface area contributed by atoms with Crippen LogP contribution in [0.3, 0.4) is 0 Å². The third-order valence-electron chi connectivity index (χ3n) is 1.31. The Morgan fingerprint density at radius 2 is 2.18 bits per heavy atom. The van der Waals surface area contributed by atoms with Crippen molar-refractivity contribution in [3.05, 3.63) is 39.7 Å². The van der Waals surface area contributed by atoms with E-state index >= 15 is 0 Å². The van der Waals surface area contributed by atoms with Gasteiger partial charge in [-0.15, -0.1) is 0 Å². The van der Waals surface area contributed by atoms with Gasteiger partial charge in [0.15, 0.2) is 5.69 Å². The average Bonchev–Trinajstić information content (AvgIpc) is 2.04. The van der Waals surface area contributed by atoms with E-state index < -0.39 is 0 Å². The molecule has 1 rings (SSSR count). The fourth-order valence-electron chi connectivity index (χ4n) is 0.770. The molecule has 0 saturated heterocycles. The van der Waals surface area contributed by atoms with Gasteiger partial charge in [-0.2, -0.15) is 0 Å². The summed E-state index contributed by atoms with van der Waals surface area (Å²) in [6.45, 7) is 6.85. The zero-order chi connectivity index (χ0) is 8.27. The zero-order valence-corrected chi connectivity index (χ0v) is 8.81. The molecule has 3 heteroatoms. The van der Waals surface area contributed by atoms with Gasteiger partial charge in [0.05, 0.1) is 6.57 Å². The Morgan fingerprint density at radius 3 is 2.73 bits per heavy atom. The van der Waals surface area contributed by atoms with Crippen LogP contribution in [0.5, 0.6) is 0 Å². The summed E-state index contributed by atoms with van der Waals surface area (Å²) in [6.07, 6.45) is 0. The third-order valence-corrected chi connectivity index (χ3v) is 2.40. The van der Waals surface area contributed by atoms with Crippen LogP contribution in [0.2, 0.25) is 0 Å². The van der Waals surface area contributed by atoms with Crippen LogP contribution in [0, 0.1) is 6.57 Å². The molecule has 1 aromatic carbocycles. The van der Waals surface area contributed by atoms with E-state index in [0.29, 0.717) is 5.69 Å². The molecule has 56 valence electrons. The Morgan fingerprint density at radius 1 is 1.45 bits per heavy atom. The van der Waals surface area contributed by atoms with Crippen LogP contribution in [-0.4, -0.2) is 0 Å². The Hall–Kier alpha value is -0.330. The van der Waals surface area contributed by atoms with Crippen molar-refractivity contribution in [3.63, 3.8) is 0 Å². The molecule has 0 radical (unpaired) electrons. The highest BCUT2D eigenvalue weighted by atomic mass is 79.9. The molecule has 1 aromatic rings. The minimum atomic E-state index is 0.713. The smallest absolute Gasteiger partial charge is 0.191 e. The summed E-state index contributed by atoms with van der Waals surface area (Å²) in [5.41, 5.74) is 1.74. The van der Waals surface area contributed by atoms with Gasteiger partial charge in [-0.25, -0.2) is 4.85 Å². The molecule has 0 aromatic heterocycles. The summed E-state index contributed by atoms with van der Waals surface area (Å²) in [5, 5.41) is 0.726. The van der Waals surface area contributed by atoms with Crippen molar-refractivity contribution in [2.45, 2.75) is 5.33 Å². The summed E-state index contributed by atoms with van der Waals surface area (Å²) in [7, 11) is 0. The Bertz CT molecular complexity index is 301. The number of alkyl halides is 1. The number of rotatable bonds is 1. The van der Waals surface area contributed by atoms with E-state index in [4.69, 9.17) is 6.57 Å². The molecule has 0 saturated carbocycles. The molecule has 0 heterocycles. The maximum absolute atomic E-state index is 6.85. The first kappa shape index (κ1) is 8.76. The minimum Gasteiger partial charge on any atom is -0.238 e. The van der Waals surface area contributed by atoms with Crippen LogP contribution in [0.1, 0.15) is 5.56 Å². The molecule has 0 unspecified atom stereocenters. The van der Waals surface area contributed by atoms with Crippen molar-refractivity contribution >= 4 is 37.5 Å². The molecule has 11 heavy (non-hydrogen) atoms. The molecule has 0 fully saturated rings. The van der Waals surface area contributed by atoms with Gasteiger partial charge >= 0.3 is 0 Å². The van der Waals surface area contributed by atoms with Gasteiger partial charge < -0.3 is 0 Å². The Balaban J connectivity index is 3.19. The number of hydrogen-bond donors (Lipinski definition) is 0. The first-order valence-electron chi connectivity index (χ1n) is 3.00. The maximum Gasteiger partial charge on any atom is 0.191 e. The first-order chi connectivity index (χ1) is 5.27. The topological polar surface area (TPSA) is 4.36 Å². The molecule has 0 aliphatic heterocycles. The van der Waals surface area contributed by atoms with Gasteiger partial charge in [0.1, 0.15) is 0 Å². The lowest BCUT2D eigenvalue weighted by Gasteiger charge is -1.98. The molecular weight excluding hydrogens is 270 g/mol. The molecule has 0 N–H and O–H groups in total. The zero-order valence-electron chi connectivity index (χ0n) is 5.64. The highest BCUT2D eigenvalue weighted by molar-refractivity contribution is 9.10. The highest BCUT2D eigenvalue weighted by Crippen LogP contribution is 2.25. The summed E-state index contributed by atoms with van der Waals surface area (Å²) in [6, 6.07) is 5.63. The minimum absolute atomic E-state index is 0.713. The van der Waals surface area contributed by atoms with E-state index in [1.807, 2.05) is 18.2 Å². The van der Waals surface area contributed by atoms with Crippen molar-refractivity contribution < 1.29 is 0 Å². The monoisotopic (exact) mass is 273 g/mol. The first-order valence-corrected chi connectivity index (χ1v) is 4.91. The van der Waals surface area contributed by atoms with Crippen molar-refractivity contribution in [2.75, 3.05) is 0 Å². The van der Waals surface area contributed by atoms with Crippen LogP contribution >= 0.6 is 31.9 Å². The van der Waals surface area contributed by atoms with Gasteiger partial charge in [-0.05, 0) is 5.56 Å². The van der Waals surface area contributed by atoms with E-state index in [2.05, 4.69) is 36.7 Å². The number of nitrogens with zero attached hydrogens (tertiary/aromatic N) is 1. The van der Waals surface area contributed by atoms with Gasteiger partial charge in [0.25, 0.3) is 0 Å². The van der Waals surface area contributed by atoms with E-state index in [-0.39, 0.29) is 0 Å². The largest absolute Gasteiger partial charge is 0.238 e. The molecule has 0 aliphatic carbocycles. The lowest BCUT2D eigenvalue weighted by atomic mass is 10.2. The SMILES string of the molecule is [C-]#[N+]c1ccc(Br)cc1CBr. The van der Waals surface area contributed by atoms with Gasteiger partial charge in [0, 0.05) is 9.80 Å². The molecular formula is C8H5Br2N. The maximum atomic E-state index is 6.85. The number of benzene rings is 1. The van der Waals surface area contributed by atoms with Gasteiger partial charge in [-0.1, -0.05) is 50.1 Å². The summed E-state index contributed by atoms with van der Waals surface area (Å²) in [5.74, 6) is 0. The normalized spacial score (nSPS) is 9.18. The standard InChI is InChI=1S/C8H5Br2N/c1-11-8-3-2-7(10)4-6(8)5-9/h2-4H,5H2. The average molecular weight is 275 g/mol. The van der Waals surface area contributed by atoms with Crippen molar-refractivity contribution in [2.24, 2.45) is 0 Å². The number of hydrogen-bond acceptors (Lipinski definition) is 0. The molecule has 0 bridgehead atoms. The van der Waals surface area contributed by atoms with E-state index in [1.165, 1.54) is 0 Å². The second-order valence-electron chi connectivity index (χ2n) is 2.02. The lowest BCUT2D eigenvalue weighted by Crippen LogP contribution is -1.76. The van der Waals surface area contributed by atoms with Crippen molar-refractivity contribution in [1.29, 1.82) is 0 Å². The molecule has 0 aliphatic rings. The lowest BCUT2D eigenvalue weighted by molar-refractivity contribution is 1.43. The predicted molar refractivity (Wildman–Crippen MR) is 53.0 cm³/mol. The Kier molecular flexibility index (Phi) is 3.10. The van der Waals surface area contributed by atoms with Crippen LogP contribution in [0.4, 0.5) is 5.69 Å².